The molecule has 5 nitrogen and oxygen atoms in total. The second-order valence-electron chi connectivity index (χ2n) is 6.07. The van der Waals surface area contributed by atoms with Crippen LogP contribution in [0.25, 0.3) is 0 Å². The molecule has 2 aromatic heterocycles. The van der Waals surface area contributed by atoms with Gasteiger partial charge in [0.25, 0.3) is 0 Å². The van der Waals surface area contributed by atoms with Gasteiger partial charge in [0.05, 0.1) is 17.2 Å². The lowest BCUT2D eigenvalue weighted by Gasteiger charge is -2.21. The van der Waals surface area contributed by atoms with E-state index in [0.717, 1.165) is 37.6 Å². The third-order valence-electron chi connectivity index (χ3n) is 4.52. The van der Waals surface area contributed by atoms with Crippen molar-refractivity contribution in [1.29, 1.82) is 0 Å². The summed E-state index contributed by atoms with van der Waals surface area (Å²) in [5, 5.41) is 4.23. The van der Waals surface area contributed by atoms with Crippen molar-refractivity contribution in [2.24, 2.45) is 0 Å². The summed E-state index contributed by atoms with van der Waals surface area (Å²) < 4.78 is 5.42. The van der Waals surface area contributed by atoms with Crippen LogP contribution in [0.5, 0.6) is 0 Å². The average Bonchev–Trinajstić information content (AvgIpc) is 2.91. The maximum Gasteiger partial charge on any atom is 0.229 e. The Kier molecular flexibility index (Phi) is 3.51. The average molecular weight is 304 g/mol. The van der Waals surface area contributed by atoms with Crippen molar-refractivity contribution in [2.45, 2.75) is 51.0 Å². The lowest BCUT2D eigenvalue weighted by molar-refractivity contribution is 0.245. The number of thiazole rings is 1. The minimum Gasteiger partial charge on any atom is -0.339 e. The second-order valence-corrected chi connectivity index (χ2v) is 7.01. The van der Waals surface area contributed by atoms with Crippen LogP contribution in [0, 0.1) is 6.92 Å². The molecule has 1 saturated carbocycles. The van der Waals surface area contributed by atoms with Crippen molar-refractivity contribution in [1.82, 2.24) is 20.0 Å². The number of rotatable bonds is 5. The third-order valence-corrected chi connectivity index (χ3v) is 5.51. The largest absolute Gasteiger partial charge is 0.339 e. The van der Waals surface area contributed by atoms with Gasteiger partial charge in [0.15, 0.2) is 5.82 Å². The molecule has 6 heteroatoms. The first-order valence-electron chi connectivity index (χ1n) is 7.78. The summed E-state index contributed by atoms with van der Waals surface area (Å²) in [6.07, 6.45) is 5.85. The van der Waals surface area contributed by atoms with Gasteiger partial charge in [-0.05, 0) is 45.6 Å². The standard InChI is InChI=1S/C15H20N4OS/c1-10-13(21-9-16-10)6-8-19-7-2-3-12(19)14-17-15(20-18-14)11-4-5-11/h9,11-12H,2-8H2,1H3/t12-/m0/s1. The number of hydrogen-bond acceptors (Lipinski definition) is 6. The molecular weight excluding hydrogens is 284 g/mol. The second kappa shape index (κ2) is 5.50. The number of likely N-dealkylation sites (tertiary alicyclic amines) is 1. The molecule has 0 unspecified atom stereocenters. The molecule has 1 saturated heterocycles. The molecule has 4 rings (SSSR count). The van der Waals surface area contributed by atoms with E-state index >= 15 is 0 Å². The van der Waals surface area contributed by atoms with Gasteiger partial charge < -0.3 is 4.52 Å². The highest BCUT2D eigenvalue weighted by molar-refractivity contribution is 7.09. The molecule has 2 aromatic rings. The quantitative estimate of drug-likeness (QED) is 0.849. The van der Waals surface area contributed by atoms with Crippen LogP contribution in [0.15, 0.2) is 10.0 Å². The lowest BCUT2D eigenvalue weighted by Crippen LogP contribution is -2.26. The van der Waals surface area contributed by atoms with E-state index in [-0.39, 0.29) is 0 Å². The van der Waals surface area contributed by atoms with Crippen LogP contribution >= 0.6 is 11.3 Å². The van der Waals surface area contributed by atoms with E-state index in [1.807, 2.05) is 5.51 Å². The van der Waals surface area contributed by atoms with E-state index < -0.39 is 0 Å². The maximum atomic E-state index is 5.42. The number of aryl methyl sites for hydroxylation is 1. The molecule has 1 atom stereocenters. The summed E-state index contributed by atoms with van der Waals surface area (Å²) in [6, 6.07) is 0.342. The molecule has 0 bridgehead atoms. The molecule has 21 heavy (non-hydrogen) atoms. The Morgan fingerprint density at radius 2 is 2.29 bits per heavy atom. The van der Waals surface area contributed by atoms with Gasteiger partial charge in [0.2, 0.25) is 5.89 Å². The van der Waals surface area contributed by atoms with Crippen LogP contribution < -0.4 is 0 Å². The summed E-state index contributed by atoms with van der Waals surface area (Å²) in [5.41, 5.74) is 3.11. The molecule has 3 heterocycles. The van der Waals surface area contributed by atoms with Gasteiger partial charge in [-0.3, -0.25) is 4.90 Å². The van der Waals surface area contributed by atoms with E-state index in [2.05, 4.69) is 26.9 Å². The molecule has 0 radical (unpaired) electrons. The van der Waals surface area contributed by atoms with Gasteiger partial charge in [-0.25, -0.2) is 4.98 Å². The van der Waals surface area contributed by atoms with Crippen LogP contribution in [0.4, 0.5) is 0 Å². The highest BCUT2D eigenvalue weighted by atomic mass is 32.1. The van der Waals surface area contributed by atoms with Crippen LogP contribution in [0.1, 0.15) is 59.9 Å². The Hall–Kier alpha value is -1.27. The number of nitrogens with zero attached hydrogens (tertiary/aromatic N) is 4. The molecule has 0 N–H and O–H groups in total. The van der Waals surface area contributed by atoms with Crippen LogP contribution in [0.3, 0.4) is 0 Å². The van der Waals surface area contributed by atoms with Crippen LogP contribution in [-0.4, -0.2) is 33.1 Å². The molecular formula is C15H20N4OS. The summed E-state index contributed by atoms with van der Waals surface area (Å²) in [5.74, 6) is 2.30. The Balaban J connectivity index is 1.43. The Morgan fingerprint density at radius 3 is 3.05 bits per heavy atom. The summed E-state index contributed by atoms with van der Waals surface area (Å²) in [6.45, 7) is 4.28. The lowest BCUT2D eigenvalue weighted by atomic mass is 10.2. The van der Waals surface area contributed by atoms with Gasteiger partial charge in [0.1, 0.15) is 0 Å². The zero-order chi connectivity index (χ0) is 14.2. The zero-order valence-electron chi connectivity index (χ0n) is 12.3. The normalized spacial score (nSPS) is 23.0. The third kappa shape index (κ3) is 2.74. The van der Waals surface area contributed by atoms with Crippen molar-refractivity contribution in [2.75, 3.05) is 13.1 Å². The minimum absolute atomic E-state index is 0.342. The first-order valence-corrected chi connectivity index (χ1v) is 8.66. The molecule has 112 valence electrons. The predicted octanol–water partition coefficient (Wildman–Crippen LogP) is 3.09. The smallest absolute Gasteiger partial charge is 0.229 e. The van der Waals surface area contributed by atoms with E-state index in [0.29, 0.717) is 12.0 Å². The highest BCUT2D eigenvalue weighted by Gasteiger charge is 2.34. The van der Waals surface area contributed by atoms with E-state index in [1.54, 1.807) is 11.3 Å². The fraction of sp³-hybridized carbons (Fsp3) is 0.667. The fourth-order valence-corrected chi connectivity index (χ4v) is 3.85. The van der Waals surface area contributed by atoms with E-state index in [9.17, 15) is 0 Å². The molecule has 1 aliphatic carbocycles. The van der Waals surface area contributed by atoms with Gasteiger partial charge >= 0.3 is 0 Å². The van der Waals surface area contributed by atoms with Gasteiger partial charge in [-0.2, -0.15) is 4.98 Å². The van der Waals surface area contributed by atoms with Crippen molar-refractivity contribution < 1.29 is 4.52 Å². The van der Waals surface area contributed by atoms with E-state index in [1.165, 1.54) is 29.8 Å². The monoisotopic (exact) mass is 304 g/mol. The Morgan fingerprint density at radius 1 is 1.38 bits per heavy atom. The molecule has 1 aliphatic heterocycles. The molecule has 2 fully saturated rings. The van der Waals surface area contributed by atoms with Crippen LogP contribution in [0.2, 0.25) is 0 Å². The zero-order valence-corrected chi connectivity index (χ0v) is 13.1. The van der Waals surface area contributed by atoms with Crippen molar-refractivity contribution in [3.05, 3.63) is 27.8 Å². The molecule has 0 spiro atoms. The fourth-order valence-electron chi connectivity index (χ4n) is 3.08. The number of hydrogen-bond donors (Lipinski definition) is 0. The van der Waals surface area contributed by atoms with Crippen molar-refractivity contribution in [3.63, 3.8) is 0 Å². The van der Waals surface area contributed by atoms with Gasteiger partial charge in [-0.15, -0.1) is 11.3 Å². The first kappa shape index (κ1) is 13.4. The predicted molar refractivity (Wildman–Crippen MR) is 80.4 cm³/mol. The molecule has 2 aliphatic rings. The molecule has 0 aromatic carbocycles. The Bertz CT molecular complexity index is 619. The number of aromatic nitrogens is 3. The topological polar surface area (TPSA) is 55.1 Å². The van der Waals surface area contributed by atoms with Crippen molar-refractivity contribution in [3.8, 4) is 0 Å². The highest BCUT2D eigenvalue weighted by Crippen LogP contribution is 2.40. The summed E-state index contributed by atoms with van der Waals surface area (Å²) in [4.78, 5) is 12.9. The van der Waals surface area contributed by atoms with Gasteiger partial charge in [0, 0.05) is 17.3 Å². The van der Waals surface area contributed by atoms with Gasteiger partial charge in [-0.1, -0.05) is 5.16 Å². The molecule has 0 amide bonds. The van der Waals surface area contributed by atoms with E-state index in [4.69, 9.17) is 4.52 Å². The summed E-state index contributed by atoms with van der Waals surface area (Å²) in [7, 11) is 0. The summed E-state index contributed by atoms with van der Waals surface area (Å²) >= 11 is 1.76. The maximum absolute atomic E-state index is 5.42. The SMILES string of the molecule is Cc1ncsc1CCN1CCC[C@H]1c1noc(C2CC2)n1. The Labute approximate surface area is 128 Å². The minimum atomic E-state index is 0.342. The van der Waals surface area contributed by atoms with Crippen molar-refractivity contribution >= 4 is 11.3 Å². The first-order chi connectivity index (χ1) is 10.3. The van der Waals surface area contributed by atoms with Crippen LogP contribution in [-0.2, 0) is 6.42 Å².